The van der Waals surface area contributed by atoms with Crippen LogP contribution in [0.25, 0.3) is 0 Å². The Bertz CT molecular complexity index is 646. The molecule has 2 N–H and O–H groups in total. The molecule has 0 unspecified atom stereocenters. The third kappa shape index (κ3) is 4.22. The van der Waals surface area contributed by atoms with E-state index < -0.39 is 0 Å². The van der Waals surface area contributed by atoms with E-state index in [0.29, 0.717) is 5.75 Å². The normalized spacial score (nSPS) is 11.0. The van der Waals surface area contributed by atoms with E-state index in [2.05, 4.69) is 31.1 Å². The van der Waals surface area contributed by atoms with E-state index in [-0.39, 0.29) is 29.5 Å². The molecular formula is C17H20N2O3. The number of carbonyl (C=O) groups is 1. The minimum absolute atomic E-state index is 0.0758. The van der Waals surface area contributed by atoms with E-state index in [1.807, 2.05) is 24.3 Å². The molecule has 0 spiro atoms. The summed E-state index contributed by atoms with van der Waals surface area (Å²) in [5.41, 5.74) is 1.27. The predicted molar refractivity (Wildman–Crippen MR) is 85.2 cm³/mol. The van der Waals surface area contributed by atoms with E-state index in [9.17, 15) is 9.90 Å². The second kappa shape index (κ2) is 6.47. The largest absolute Gasteiger partial charge is 0.504 e. The number of aromatic nitrogens is 1. The molecule has 0 atom stereocenters. The molecule has 0 aliphatic rings. The first-order valence-corrected chi connectivity index (χ1v) is 7.03. The van der Waals surface area contributed by atoms with Crippen LogP contribution in [0, 0.1) is 0 Å². The molecule has 5 nitrogen and oxygen atoms in total. The zero-order chi connectivity index (χ0) is 16.2. The zero-order valence-corrected chi connectivity index (χ0v) is 13.0. The molecule has 0 aliphatic carbocycles. The summed E-state index contributed by atoms with van der Waals surface area (Å²) in [6, 6.07) is 10.7. The van der Waals surface area contributed by atoms with Crippen molar-refractivity contribution < 1.29 is 14.6 Å². The molecule has 0 bridgehead atoms. The van der Waals surface area contributed by atoms with Crippen LogP contribution in [-0.2, 0) is 10.2 Å². The first kappa shape index (κ1) is 15.8. The number of nitrogens with one attached hydrogen (secondary N) is 1. The van der Waals surface area contributed by atoms with Crippen molar-refractivity contribution in [2.75, 3.05) is 11.9 Å². The highest BCUT2D eigenvalue weighted by Crippen LogP contribution is 2.24. The van der Waals surface area contributed by atoms with Crippen molar-refractivity contribution >= 4 is 11.7 Å². The number of amides is 1. The molecule has 0 saturated heterocycles. The highest BCUT2D eigenvalue weighted by atomic mass is 16.5. The Morgan fingerprint density at radius 2 is 1.91 bits per heavy atom. The smallest absolute Gasteiger partial charge is 0.263 e. The van der Waals surface area contributed by atoms with Crippen molar-refractivity contribution in [2.45, 2.75) is 26.2 Å². The summed E-state index contributed by atoms with van der Waals surface area (Å²) in [5.74, 6) is 0.284. The molecule has 0 aliphatic heterocycles. The second-order valence-electron chi connectivity index (χ2n) is 5.98. The molecule has 1 aromatic carbocycles. The molecule has 1 heterocycles. The lowest BCUT2D eigenvalue weighted by Gasteiger charge is -2.19. The Morgan fingerprint density at radius 3 is 2.50 bits per heavy atom. The van der Waals surface area contributed by atoms with Gasteiger partial charge >= 0.3 is 0 Å². The van der Waals surface area contributed by atoms with Gasteiger partial charge in [0.25, 0.3) is 5.91 Å². The molecule has 5 heteroatoms. The lowest BCUT2D eigenvalue weighted by atomic mass is 9.87. The van der Waals surface area contributed by atoms with E-state index in [0.717, 1.165) is 0 Å². The van der Waals surface area contributed by atoms with Gasteiger partial charge in [0.2, 0.25) is 0 Å². The number of rotatable bonds is 4. The minimum atomic E-state index is -0.381. The third-order valence-corrected chi connectivity index (χ3v) is 3.13. The molecule has 1 aromatic heterocycles. The van der Waals surface area contributed by atoms with Crippen LogP contribution in [0.1, 0.15) is 26.3 Å². The van der Waals surface area contributed by atoms with Crippen LogP contribution < -0.4 is 10.1 Å². The van der Waals surface area contributed by atoms with Gasteiger partial charge in [-0.2, -0.15) is 0 Å². The predicted octanol–water partition coefficient (Wildman–Crippen LogP) is 3.10. The number of anilines is 1. The Labute approximate surface area is 130 Å². The first-order chi connectivity index (χ1) is 10.4. The summed E-state index contributed by atoms with van der Waals surface area (Å²) in [5, 5.41) is 12.0. The van der Waals surface area contributed by atoms with Gasteiger partial charge in [0.15, 0.2) is 18.2 Å². The summed E-state index contributed by atoms with van der Waals surface area (Å²) in [6.45, 7) is 6.26. The van der Waals surface area contributed by atoms with Crippen molar-refractivity contribution in [2.24, 2.45) is 0 Å². The van der Waals surface area contributed by atoms with E-state index in [1.54, 1.807) is 6.07 Å². The van der Waals surface area contributed by atoms with Crippen molar-refractivity contribution in [1.29, 1.82) is 0 Å². The van der Waals surface area contributed by atoms with Crippen LogP contribution in [0.5, 0.6) is 11.5 Å². The zero-order valence-electron chi connectivity index (χ0n) is 13.0. The molecule has 2 rings (SSSR count). The molecule has 2 aromatic rings. The molecule has 0 saturated carbocycles. The second-order valence-corrected chi connectivity index (χ2v) is 5.98. The number of hydrogen-bond donors (Lipinski definition) is 2. The van der Waals surface area contributed by atoms with Gasteiger partial charge in [0, 0.05) is 6.20 Å². The highest BCUT2D eigenvalue weighted by Gasteiger charge is 2.13. The number of carbonyl (C=O) groups excluding carboxylic acids is 1. The first-order valence-electron chi connectivity index (χ1n) is 7.03. The average Bonchev–Trinajstić information content (AvgIpc) is 2.47. The molecule has 1 amide bonds. The summed E-state index contributed by atoms with van der Waals surface area (Å²) in [7, 11) is 0. The highest BCUT2D eigenvalue weighted by molar-refractivity contribution is 5.92. The Morgan fingerprint density at radius 1 is 1.23 bits per heavy atom. The van der Waals surface area contributed by atoms with Gasteiger partial charge in [0.05, 0.1) is 0 Å². The summed E-state index contributed by atoms with van der Waals surface area (Å²) in [6.07, 6.45) is 1.49. The van der Waals surface area contributed by atoms with Crippen LogP contribution in [-0.4, -0.2) is 22.6 Å². The lowest BCUT2D eigenvalue weighted by molar-refractivity contribution is -0.118. The third-order valence-electron chi connectivity index (χ3n) is 3.13. The van der Waals surface area contributed by atoms with Gasteiger partial charge in [-0.15, -0.1) is 0 Å². The van der Waals surface area contributed by atoms with Gasteiger partial charge in [0.1, 0.15) is 5.75 Å². The number of benzene rings is 1. The number of aromatic hydroxyl groups is 1. The van der Waals surface area contributed by atoms with E-state index in [4.69, 9.17) is 4.74 Å². The summed E-state index contributed by atoms with van der Waals surface area (Å²) >= 11 is 0. The monoisotopic (exact) mass is 300 g/mol. The fraction of sp³-hybridized carbons (Fsp3) is 0.294. The number of pyridine rings is 1. The van der Waals surface area contributed by atoms with Gasteiger partial charge < -0.3 is 15.2 Å². The van der Waals surface area contributed by atoms with Gasteiger partial charge in [-0.25, -0.2) is 4.98 Å². The van der Waals surface area contributed by atoms with Crippen LogP contribution >= 0.6 is 0 Å². The summed E-state index contributed by atoms with van der Waals surface area (Å²) in [4.78, 5) is 15.7. The van der Waals surface area contributed by atoms with Crippen molar-refractivity contribution in [1.82, 2.24) is 4.98 Å². The van der Waals surface area contributed by atoms with Crippen molar-refractivity contribution in [3.63, 3.8) is 0 Å². The summed E-state index contributed by atoms with van der Waals surface area (Å²) < 4.78 is 5.43. The van der Waals surface area contributed by atoms with E-state index >= 15 is 0 Å². The Balaban J connectivity index is 1.90. The topological polar surface area (TPSA) is 71.5 Å². The number of nitrogens with zero attached hydrogens (tertiary/aromatic N) is 1. The molecular weight excluding hydrogens is 280 g/mol. The molecule has 22 heavy (non-hydrogen) atoms. The average molecular weight is 300 g/mol. The van der Waals surface area contributed by atoms with Crippen molar-refractivity contribution in [3.8, 4) is 11.5 Å². The standard InChI is InChI=1S/C17H20N2O3/c1-17(2,3)12-6-8-13(9-7-12)22-11-15(21)19-16-14(20)5-4-10-18-16/h4-10,20H,11H2,1-3H3,(H,18,19,21). The quantitative estimate of drug-likeness (QED) is 0.910. The van der Waals surface area contributed by atoms with Crippen LogP contribution in [0.15, 0.2) is 42.6 Å². The maximum Gasteiger partial charge on any atom is 0.263 e. The van der Waals surface area contributed by atoms with E-state index in [1.165, 1.54) is 17.8 Å². The maximum absolute atomic E-state index is 11.8. The van der Waals surface area contributed by atoms with Crippen LogP contribution in [0.2, 0.25) is 0 Å². The molecule has 0 radical (unpaired) electrons. The van der Waals surface area contributed by atoms with Gasteiger partial charge in [-0.05, 0) is 35.2 Å². The molecule has 116 valence electrons. The number of hydrogen-bond acceptors (Lipinski definition) is 4. The fourth-order valence-electron chi connectivity index (χ4n) is 1.86. The van der Waals surface area contributed by atoms with Crippen molar-refractivity contribution in [3.05, 3.63) is 48.2 Å². The Kier molecular flexibility index (Phi) is 4.65. The van der Waals surface area contributed by atoms with Gasteiger partial charge in [-0.3, -0.25) is 4.79 Å². The van der Waals surface area contributed by atoms with Gasteiger partial charge in [-0.1, -0.05) is 32.9 Å². The van der Waals surface area contributed by atoms with Crippen LogP contribution in [0.4, 0.5) is 5.82 Å². The van der Waals surface area contributed by atoms with Crippen LogP contribution in [0.3, 0.4) is 0 Å². The minimum Gasteiger partial charge on any atom is -0.504 e. The number of ether oxygens (including phenoxy) is 1. The SMILES string of the molecule is CC(C)(C)c1ccc(OCC(=O)Nc2ncccc2O)cc1. The maximum atomic E-state index is 11.8. The fourth-order valence-corrected chi connectivity index (χ4v) is 1.86. The molecule has 0 fully saturated rings. The lowest BCUT2D eigenvalue weighted by Crippen LogP contribution is -2.20. The Hall–Kier alpha value is -2.56.